The van der Waals surface area contributed by atoms with Crippen molar-refractivity contribution in [3.05, 3.63) is 0 Å². The summed E-state index contributed by atoms with van der Waals surface area (Å²) in [5.41, 5.74) is 0. The summed E-state index contributed by atoms with van der Waals surface area (Å²) in [6.45, 7) is 6.00. The SMILES string of the molecule is CCCC[Si]([Cr])(CCCC)CCCC. The summed E-state index contributed by atoms with van der Waals surface area (Å²) in [6.07, 6.45) is 8.46. The van der Waals surface area contributed by atoms with Crippen LogP contribution in [0.4, 0.5) is 0 Å². The summed E-state index contributed by atoms with van der Waals surface area (Å²) >= 11 is 3.63. The summed E-state index contributed by atoms with van der Waals surface area (Å²) in [6, 6.07) is 4.59. The van der Waals surface area contributed by atoms with Crippen LogP contribution in [0.15, 0.2) is 0 Å². The van der Waals surface area contributed by atoms with Crippen LogP contribution in [-0.2, 0) is 15.6 Å². The van der Waals surface area contributed by atoms with Gasteiger partial charge in [0.1, 0.15) is 0 Å². The van der Waals surface area contributed by atoms with Crippen LogP contribution >= 0.6 is 0 Å². The monoisotopic (exact) mass is 251 g/mol. The molecule has 0 unspecified atom stereocenters. The molecule has 0 bridgehead atoms. The van der Waals surface area contributed by atoms with Gasteiger partial charge in [0, 0.05) is 0 Å². The van der Waals surface area contributed by atoms with E-state index in [1.54, 1.807) is 0 Å². The molecule has 2 heteroatoms. The Labute approximate surface area is 99.7 Å². The first-order valence-corrected chi connectivity index (χ1v) is 10.8. The topological polar surface area (TPSA) is 0 Å². The molecule has 0 aromatic carbocycles. The molecule has 0 rings (SSSR count). The van der Waals surface area contributed by atoms with E-state index in [2.05, 4.69) is 36.4 Å². The third-order valence-corrected chi connectivity index (χ3v) is 9.62. The molecular weight excluding hydrogens is 224 g/mol. The molecule has 0 aliphatic carbocycles. The Bertz CT molecular complexity index is 104. The van der Waals surface area contributed by atoms with E-state index in [1.165, 1.54) is 56.7 Å². The van der Waals surface area contributed by atoms with Gasteiger partial charge in [-0.1, -0.05) is 0 Å². The predicted octanol–water partition coefficient (Wildman–Crippen LogP) is 4.88. The number of hydrogen-bond acceptors (Lipinski definition) is 0. The zero-order chi connectivity index (χ0) is 10.9. The number of unbranched alkanes of at least 4 members (excludes halogenated alkanes) is 3. The van der Waals surface area contributed by atoms with Crippen molar-refractivity contribution in [3.63, 3.8) is 0 Å². The van der Waals surface area contributed by atoms with E-state index in [4.69, 9.17) is 0 Å². The molecule has 0 saturated heterocycles. The number of rotatable bonds is 9. The van der Waals surface area contributed by atoms with Crippen molar-refractivity contribution in [2.75, 3.05) is 0 Å². The van der Waals surface area contributed by atoms with Gasteiger partial charge in [0.15, 0.2) is 0 Å². The van der Waals surface area contributed by atoms with Gasteiger partial charge in [-0.2, -0.15) is 0 Å². The second kappa shape index (κ2) is 9.01. The molecule has 0 aliphatic heterocycles. The van der Waals surface area contributed by atoms with Crippen LogP contribution in [0.5, 0.6) is 0 Å². The second-order valence-electron chi connectivity index (χ2n) is 4.49. The van der Waals surface area contributed by atoms with Crippen molar-refractivity contribution in [2.45, 2.75) is 77.4 Å². The van der Waals surface area contributed by atoms with Crippen molar-refractivity contribution < 1.29 is 15.6 Å². The van der Waals surface area contributed by atoms with E-state index >= 15 is 0 Å². The Morgan fingerprint density at radius 1 is 0.714 bits per heavy atom. The van der Waals surface area contributed by atoms with E-state index in [9.17, 15) is 0 Å². The van der Waals surface area contributed by atoms with Crippen LogP contribution in [0.3, 0.4) is 0 Å². The van der Waals surface area contributed by atoms with Crippen LogP contribution in [0, 0.1) is 0 Å². The van der Waals surface area contributed by atoms with E-state index in [0.29, 0.717) is 0 Å². The Morgan fingerprint density at radius 2 is 1.00 bits per heavy atom. The fourth-order valence-corrected chi connectivity index (χ4v) is 7.64. The molecule has 0 amide bonds. The third kappa shape index (κ3) is 7.10. The van der Waals surface area contributed by atoms with Crippen LogP contribution in [0.2, 0.25) is 18.1 Å². The van der Waals surface area contributed by atoms with Crippen molar-refractivity contribution in [2.24, 2.45) is 0 Å². The van der Waals surface area contributed by atoms with Gasteiger partial charge in [-0.05, 0) is 0 Å². The van der Waals surface area contributed by atoms with E-state index in [-0.39, 0.29) is 0 Å². The molecule has 0 aromatic rings. The summed E-state index contributed by atoms with van der Waals surface area (Å²) in [5, 5.41) is 0. The van der Waals surface area contributed by atoms with Crippen molar-refractivity contribution in [3.8, 4) is 0 Å². The van der Waals surface area contributed by atoms with Gasteiger partial charge in [0.25, 0.3) is 0 Å². The molecule has 85 valence electrons. The van der Waals surface area contributed by atoms with Crippen molar-refractivity contribution >= 4 is 6.63 Å². The van der Waals surface area contributed by atoms with Crippen LogP contribution in [0.1, 0.15) is 59.3 Å². The fraction of sp³-hybridized carbons (Fsp3) is 1.00. The third-order valence-electron chi connectivity index (χ3n) is 2.96. The zero-order valence-corrected chi connectivity index (χ0v) is 12.5. The molecule has 0 N–H and O–H groups in total. The molecular formula is C12H27CrSi. The molecule has 14 heavy (non-hydrogen) atoms. The van der Waals surface area contributed by atoms with Gasteiger partial charge in [0.05, 0.1) is 0 Å². The Balaban J connectivity index is 3.89. The van der Waals surface area contributed by atoms with E-state index in [1.807, 2.05) is 0 Å². The maximum absolute atomic E-state index is 3.63. The average molecular weight is 251 g/mol. The van der Waals surface area contributed by atoms with Crippen molar-refractivity contribution in [1.82, 2.24) is 0 Å². The zero-order valence-electron chi connectivity index (χ0n) is 10.3. The quantitative estimate of drug-likeness (QED) is 0.512. The van der Waals surface area contributed by atoms with Crippen LogP contribution in [0.25, 0.3) is 0 Å². The Kier molecular flexibility index (Phi) is 9.49. The van der Waals surface area contributed by atoms with Crippen LogP contribution < -0.4 is 0 Å². The predicted molar refractivity (Wildman–Crippen MR) is 64.9 cm³/mol. The summed E-state index contributed by atoms with van der Waals surface area (Å²) < 4.78 is 0. The molecule has 0 saturated carbocycles. The molecule has 0 atom stereocenters. The Morgan fingerprint density at radius 3 is 1.21 bits per heavy atom. The van der Waals surface area contributed by atoms with Gasteiger partial charge in [-0.25, -0.2) is 0 Å². The number of hydrogen-bond donors (Lipinski definition) is 0. The average Bonchev–Trinajstić information content (AvgIpc) is 2.21. The Hall–Kier alpha value is 0.749. The summed E-state index contributed by atoms with van der Waals surface area (Å²) in [4.78, 5) is 0. The first-order valence-electron chi connectivity index (χ1n) is 6.39. The molecule has 0 radical (unpaired) electrons. The summed E-state index contributed by atoms with van der Waals surface area (Å²) in [7, 11) is 0. The normalized spacial score (nSPS) is 11.9. The minimum absolute atomic E-state index is 0.937. The van der Waals surface area contributed by atoms with Gasteiger partial charge in [-0.15, -0.1) is 0 Å². The standard InChI is InChI=1S/C12H27Si.Cr/c1-4-7-10-13(11-8-5-2)12-9-6-3;/h4-12H2,1-3H3;. The minimum atomic E-state index is -0.937. The van der Waals surface area contributed by atoms with Gasteiger partial charge >= 0.3 is 99.7 Å². The van der Waals surface area contributed by atoms with Crippen molar-refractivity contribution in [1.29, 1.82) is 0 Å². The maximum atomic E-state index is 3.63. The summed E-state index contributed by atoms with van der Waals surface area (Å²) in [5.74, 6) is 0. The molecule has 0 aliphatic rings. The van der Waals surface area contributed by atoms with E-state index < -0.39 is 6.63 Å². The van der Waals surface area contributed by atoms with Crippen LogP contribution in [-0.4, -0.2) is 6.63 Å². The molecule has 0 fully saturated rings. The molecule has 0 aromatic heterocycles. The van der Waals surface area contributed by atoms with Gasteiger partial charge in [0.2, 0.25) is 0 Å². The molecule has 0 nitrogen and oxygen atoms in total. The first-order chi connectivity index (χ1) is 6.68. The molecule has 0 heterocycles. The second-order valence-corrected chi connectivity index (χ2v) is 12.4. The fourth-order valence-electron chi connectivity index (χ4n) is 1.87. The molecule has 0 spiro atoms. The van der Waals surface area contributed by atoms with E-state index in [0.717, 1.165) is 0 Å². The van der Waals surface area contributed by atoms with Gasteiger partial charge < -0.3 is 0 Å². The van der Waals surface area contributed by atoms with Gasteiger partial charge in [-0.3, -0.25) is 0 Å². The first kappa shape index (κ1) is 14.7.